The van der Waals surface area contributed by atoms with Crippen LogP contribution in [0.15, 0.2) is 21.3 Å². The Morgan fingerprint density at radius 1 is 1.50 bits per heavy atom. The number of amides is 2. The van der Waals surface area contributed by atoms with Crippen molar-refractivity contribution in [1.29, 1.82) is 0 Å². The number of nitrogens with zero attached hydrogens (tertiary/aromatic N) is 3. The van der Waals surface area contributed by atoms with Crippen molar-refractivity contribution in [3.8, 4) is 0 Å². The Morgan fingerprint density at radius 3 is 3.00 bits per heavy atom. The summed E-state index contributed by atoms with van der Waals surface area (Å²) < 4.78 is 24.0. The van der Waals surface area contributed by atoms with Crippen LogP contribution < -0.4 is 10.6 Å². The average molecular weight is 337 g/mol. The molecule has 3 heterocycles. The minimum absolute atomic E-state index is 0.115. The number of carbonyl (C=O) groups is 1. The van der Waals surface area contributed by atoms with Crippen LogP contribution in [0.4, 0.5) is 15.0 Å². The molecule has 1 fully saturated rings. The third kappa shape index (κ3) is 3.91. The monoisotopic (exact) mass is 337 g/mol. The Bertz CT molecular complexity index is 668. The van der Waals surface area contributed by atoms with Gasteiger partial charge in [-0.05, 0) is 20.3 Å². The van der Waals surface area contributed by atoms with Crippen LogP contribution in [0.2, 0.25) is 0 Å². The first-order valence-corrected chi connectivity index (χ1v) is 7.77. The van der Waals surface area contributed by atoms with E-state index in [-0.39, 0.29) is 6.04 Å². The van der Waals surface area contributed by atoms with Crippen molar-refractivity contribution in [3.05, 3.63) is 29.7 Å². The van der Waals surface area contributed by atoms with Gasteiger partial charge in [0, 0.05) is 25.2 Å². The fraction of sp³-hybridized carbons (Fsp3) is 0.533. The molecule has 0 bridgehead atoms. The van der Waals surface area contributed by atoms with Gasteiger partial charge in [-0.15, -0.1) is 0 Å². The zero-order valence-corrected chi connectivity index (χ0v) is 13.6. The van der Waals surface area contributed by atoms with Gasteiger partial charge in [-0.2, -0.15) is 0 Å². The highest BCUT2D eigenvalue weighted by Gasteiger charge is 2.33. The molecule has 8 nitrogen and oxygen atoms in total. The molecular formula is C15H20FN5O3. The van der Waals surface area contributed by atoms with Gasteiger partial charge in [0.1, 0.15) is 18.2 Å². The largest absolute Gasteiger partial charge is 0.444 e. The van der Waals surface area contributed by atoms with Gasteiger partial charge in [-0.25, -0.2) is 14.2 Å². The topological polar surface area (TPSA) is 96.4 Å². The number of anilines is 1. The number of hydrogen-bond acceptors (Lipinski definition) is 6. The molecule has 0 spiro atoms. The van der Waals surface area contributed by atoms with Crippen LogP contribution in [0.1, 0.15) is 23.8 Å². The zero-order valence-electron chi connectivity index (χ0n) is 13.6. The van der Waals surface area contributed by atoms with E-state index < -0.39 is 12.2 Å². The molecular weight excluding hydrogens is 317 g/mol. The van der Waals surface area contributed by atoms with Crippen molar-refractivity contribution in [2.24, 2.45) is 0 Å². The van der Waals surface area contributed by atoms with Gasteiger partial charge in [0.05, 0.1) is 12.2 Å². The molecule has 1 aliphatic rings. The van der Waals surface area contributed by atoms with E-state index in [1.807, 2.05) is 18.7 Å². The fourth-order valence-corrected chi connectivity index (χ4v) is 2.76. The highest BCUT2D eigenvalue weighted by Crippen LogP contribution is 2.23. The molecule has 1 saturated heterocycles. The second-order valence-electron chi connectivity index (χ2n) is 5.89. The molecule has 9 heteroatoms. The van der Waals surface area contributed by atoms with Crippen molar-refractivity contribution in [2.45, 2.75) is 39.0 Å². The highest BCUT2D eigenvalue weighted by molar-refractivity contribution is 5.87. The summed E-state index contributed by atoms with van der Waals surface area (Å²) in [6.07, 6.45) is 0.804. The molecule has 0 saturated carbocycles. The van der Waals surface area contributed by atoms with E-state index in [0.29, 0.717) is 37.8 Å². The molecule has 0 unspecified atom stereocenters. The minimum atomic E-state index is -0.924. The Morgan fingerprint density at radius 2 is 2.33 bits per heavy atom. The molecule has 24 heavy (non-hydrogen) atoms. The number of hydrogen-bond donors (Lipinski definition) is 2. The second-order valence-corrected chi connectivity index (χ2v) is 5.89. The van der Waals surface area contributed by atoms with E-state index in [4.69, 9.17) is 4.42 Å². The lowest BCUT2D eigenvalue weighted by Gasteiger charge is -2.22. The van der Waals surface area contributed by atoms with Crippen molar-refractivity contribution in [3.63, 3.8) is 0 Å². The first-order chi connectivity index (χ1) is 11.5. The van der Waals surface area contributed by atoms with Crippen molar-refractivity contribution in [1.82, 2.24) is 20.4 Å². The average Bonchev–Trinajstić information content (AvgIpc) is 3.21. The number of aromatic nitrogens is 2. The third-order valence-electron chi connectivity index (χ3n) is 4.07. The number of carbonyl (C=O) groups excluding carboxylic acids is 1. The second kappa shape index (κ2) is 7.00. The van der Waals surface area contributed by atoms with E-state index in [9.17, 15) is 9.18 Å². The number of nitrogens with one attached hydrogen (secondary N) is 2. The van der Waals surface area contributed by atoms with E-state index in [0.717, 1.165) is 11.5 Å². The standard InChI is InChI=1S/C15H20FN5O3/c1-9-10(2)24-14(18-9)8-21-7-11(16)5-12(21)6-17-15(22)19-13-3-4-23-20-13/h3-4,11-12H,5-8H2,1-2H3,(H2,17,19,20,22)/t11-,12-/m0/s1. The predicted molar refractivity (Wildman–Crippen MR) is 83.2 cm³/mol. The van der Waals surface area contributed by atoms with E-state index >= 15 is 0 Å². The lowest BCUT2D eigenvalue weighted by atomic mass is 10.2. The Hall–Kier alpha value is -2.42. The molecule has 2 N–H and O–H groups in total. The molecule has 0 radical (unpaired) electrons. The van der Waals surface area contributed by atoms with E-state index in [1.165, 1.54) is 12.3 Å². The summed E-state index contributed by atoms with van der Waals surface area (Å²) in [4.78, 5) is 18.1. The van der Waals surface area contributed by atoms with Gasteiger partial charge in [0.2, 0.25) is 5.89 Å². The Balaban J connectivity index is 1.53. The van der Waals surface area contributed by atoms with Crippen LogP contribution in [-0.4, -0.2) is 46.4 Å². The van der Waals surface area contributed by atoms with Gasteiger partial charge in [-0.1, -0.05) is 5.16 Å². The molecule has 0 aromatic carbocycles. The summed E-state index contributed by atoms with van der Waals surface area (Å²) in [7, 11) is 0. The normalized spacial score (nSPS) is 21.1. The van der Waals surface area contributed by atoms with Crippen LogP contribution in [0.5, 0.6) is 0 Å². The number of aryl methyl sites for hydroxylation is 2. The Kier molecular flexibility index (Phi) is 4.79. The van der Waals surface area contributed by atoms with Gasteiger partial charge in [0.25, 0.3) is 0 Å². The third-order valence-corrected chi connectivity index (χ3v) is 4.07. The lowest BCUT2D eigenvalue weighted by molar-refractivity contribution is 0.206. The predicted octanol–water partition coefficient (Wildman–Crippen LogP) is 2.01. The lowest BCUT2D eigenvalue weighted by Crippen LogP contribution is -2.41. The molecule has 2 aromatic heterocycles. The number of oxazole rings is 1. The number of rotatable bonds is 5. The fourth-order valence-electron chi connectivity index (χ4n) is 2.76. The van der Waals surface area contributed by atoms with Crippen LogP contribution in [0.3, 0.4) is 0 Å². The number of alkyl halides is 1. The first-order valence-electron chi connectivity index (χ1n) is 7.77. The van der Waals surface area contributed by atoms with E-state index in [2.05, 4.69) is 25.3 Å². The van der Waals surface area contributed by atoms with E-state index in [1.54, 1.807) is 0 Å². The van der Waals surface area contributed by atoms with Gasteiger partial charge < -0.3 is 14.3 Å². The summed E-state index contributed by atoms with van der Waals surface area (Å²) in [6.45, 7) is 4.77. The van der Waals surface area contributed by atoms with Crippen LogP contribution in [0.25, 0.3) is 0 Å². The molecule has 130 valence electrons. The van der Waals surface area contributed by atoms with Crippen molar-refractivity contribution < 1.29 is 18.1 Å². The molecule has 0 aliphatic carbocycles. The van der Waals surface area contributed by atoms with Gasteiger partial charge in [0.15, 0.2) is 5.82 Å². The minimum Gasteiger partial charge on any atom is -0.444 e. The van der Waals surface area contributed by atoms with Crippen LogP contribution in [-0.2, 0) is 6.54 Å². The van der Waals surface area contributed by atoms with Gasteiger partial charge in [-0.3, -0.25) is 10.2 Å². The molecule has 2 amide bonds. The van der Waals surface area contributed by atoms with Crippen LogP contribution in [0, 0.1) is 13.8 Å². The summed E-state index contributed by atoms with van der Waals surface area (Å²) in [5, 5.41) is 8.85. The maximum absolute atomic E-state index is 13.8. The van der Waals surface area contributed by atoms with Crippen molar-refractivity contribution >= 4 is 11.8 Å². The molecule has 2 atom stereocenters. The van der Waals surface area contributed by atoms with Gasteiger partial charge >= 0.3 is 6.03 Å². The number of urea groups is 1. The summed E-state index contributed by atoms with van der Waals surface area (Å²) in [6, 6.07) is 1.01. The van der Waals surface area contributed by atoms with Crippen LogP contribution >= 0.6 is 0 Å². The van der Waals surface area contributed by atoms with Crippen molar-refractivity contribution in [2.75, 3.05) is 18.4 Å². The Labute approximate surface area is 138 Å². The highest BCUT2D eigenvalue weighted by atomic mass is 19.1. The number of likely N-dealkylation sites (tertiary alicyclic amines) is 1. The molecule has 1 aliphatic heterocycles. The molecule has 2 aromatic rings. The SMILES string of the molecule is Cc1nc(CN2C[C@@H](F)C[C@H]2CNC(=O)Nc2ccon2)oc1C. The quantitative estimate of drug-likeness (QED) is 0.866. The summed E-state index contributed by atoms with van der Waals surface area (Å²) in [5.41, 5.74) is 0.836. The maximum Gasteiger partial charge on any atom is 0.320 e. The molecule has 3 rings (SSSR count). The zero-order chi connectivity index (χ0) is 17.1. The summed E-state index contributed by atoms with van der Waals surface area (Å²) >= 11 is 0. The number of halogens is 1. The maximum atomic E-state index is 13.8. The smallest absolute Gasteiger partial charge is 0.320 e. The summed E-state index contributed by atoms with van der Waals surface area (Å²) in [5.74, 6) is 1.66. The first kappa shape index (κ1) is 16.4.